The molecule has 2 aliphatic rings. The number of rotatable bonds is 5. The van der Waals surface area contributed by atoms with Crippen LogP contribution in [0.2, 0.25) is 0 Å². The van der Waals surface area contributed by atoms with Gasteiger partial charge >= 0.3 is 6.03 Å². The van der Waals surface area contributed by atoms with Gasteiger partial charge in [-0.3, -0.25) is 0 Å². The van der Waals surface area contributed by atoms with Crippen molar-refractivity contribution in [3.05, 3.63) is 24.3 Å². The van der Waals surface area contributed by atoms with E-state index in [1.165, 1.54) is 0 Å². The van der Waals surface area contributed by atoms with Crippen molar-refractivity contribution >= 4 is 11.7 Å². The average molecular weight is 347 g/mol. The molecule has 1 aromatic rings. The van der Waals surface area contributed by atoms with Gasteiger partial charge in [-0.15, -0.1) is 0 Å². The molecule has 138 valence electrons. The van der Waals surface area contributed by atoms with Crippen LogP contribution in [-0.4, -0.2) is 43.5 Å². The van der Waals surface area contributed by atoms with Crippen molar-refractivity contribution in [2.45, 2.75) is 63.8 Å². The molecule has 6 heteroatoms. The van der Waals surface area contributed by atoms with Gasteiger partial charge in [-0.25, -0.2) is 4.79 Å². The highest BCUT2D eigenvalue weighted by Crippen LogP contribution is 2.20. The van der Waals surface area contributed by atoms with Gasteiger partial charge < -0.3 is 25.4 Å². The van der Waals surface area contributed by atoms with E-state index in [-0.39, 0.29) is 18.2 Å². The molecule has 3 atom stereocenters. The van der Waals surface area contributed by atoms with Crippen molar-refractivity contribution in [1.29, 1.82) is 0 Å². The van der Waals surface area contributed by atoms with Crippen LogP contribution in [0.15, 0.2) is 24.3 Å². The molecule has 6 nitrogen and oxygen atoms in total. The van der Waals surface area contributed by atoms with Crippen LogP contribution in [0.25, 0.3) is 0 Å². The number of piperidine rings is 1. The smallest absolute Gasteiger partial charge is 0.319 e. The zero-order valence-corrected chi connectivity index (χ0v) is 15.1. The molecule has 2 aliphatic heterocycles. The third-order valence-corrected chi connectivity index (χ3v) is 4.73. The van der Waals surface area contributed by atoms with E-state index in [4.69, 9.17) is 9.47 Å². The second-order valence-electron chi connectivity index (χ2n) is 7.21. The molecule has 0 saturated carbocycles. The summed E-state index contributed by atoms with van der Waals surface area (Å²) in [6.45, 7) is 5.68. The van der Waals surface area contributed by atoms with Crippen molar-refractivity contribution in [1.82, 2.24) is 10.6 Å². The van der Waals surface area contributed by atoms with Crippen molar-refractivity contribution in [2.24, 2.45) is 0 Å². The molecule has 25 heavy (non-hydrogen) atoms. The lowest BCUT2D eigenvalue weighted by Crippen LogP contribution is -2.51. The maximum Gasteiger partial charge on any atom is 0.319 e. The number of carbonyl (C=O) groups excluding carboxylic acids is 1. The molecule has 0 aliphatic carbocycles. The predicted octanol–water partition coefficient (Wildman–Crippen LogP) is 2.89. The van der Waals surface area contributed by atoms with Crippen LogP contribution in [0.5, 0.6) is 5.75 Å². The Labute approximate surface area is 149 Å². The standard InChI is InChI=1S/C19H29N3O3/c1-13-9-16(10-14(2)20-13)22-19(23)21-15-5-3-6-17(11-15)25-12-18-7-4-8-24-18/h3,5-6,11,13-14,16,18,20H,4,7-10,12H2,1-2H3,(H2,21,22,23). The monoisotopic (exact) mass is 347 g/mol. The van der Waals surface area contributed by atoms with E-state index >= 15 is 0 Å². The Morgan fingerprint density at radius 3 is 2.84 bits per heavy atom. The Bertz CT molecular complexity index is 565. The first-order valence-electron chi connectivity index (χ1n) is 9.26. The first kappa shape index (κ1) is 18.0. The minimum atomic E-state index is -0.164. The third-order valence-electron chi connectivity index (χ3n) is 4.73. The van der Waals surface area contributed by atoms with Gasteiger partial charge in [-0.05, 0) is 51.7 Å². The minimum Gasteiger partial charge on any atom is -0.491 e. The number of hydrogen-bond donors (Lipinski definition) is 3. The maximum absolute atomic E-state index is 12.3. The maximum atomic E-state index is 12.3. The highest BCUT2D eigenvalue weighted by Gasteiger charge is 2.24. The fourth-order valence-electron chi connectivity index (χ4n) is 3.67. The van der Waals surface area contributed by atoms with Gasteiger partial charge in [0.2, 0.25) is 0 Å². The van der Waals surface area contributed by atoms with Crippen molar-refractivity contribution in [3.63, 3.8) is 0 Å². The Morgan fingerprint density at radius 2 is 2.12 bits per heavy atom. The minimum absolute atomic E-state index is 0.164. The summed E-state index contributed by atoms with van der Waals surface area (Å²) >= 11 is 0. The summed E-state index contributed by atoms with van der Waals surface area (Å²) in [6.07, 6.45) is 4.23. The van der Waals surface area contributed by atoms with Crippen LogP contribution < -0.4 is 20.7 Å². The lowest BCUT2D eigenvalue weighted by molar-refractivity contribution is 0.0680. The molecular weight excluding hydrogens is 318 g/mol. The van der Waals surface area contributed by atoms with Gasteiger partial charge in [-0.2, -0.15) is 0 Å². The van der Waals surface area contributed by atoms with Crippen LogP contribution >= 0.6 is 0 Å². The van der Waals surface area contributed by atoms with E-state index in [0.717, 1.165) is 43.7 Å². The largest absolute Gasteiger partial charge is 0.491 e. The molecule has 3 rings (SSSR count). The number of carbonyl (C=O) groups is 1. The molecule has 2 saturated heterocycles. The third kappa shape index (κ3) is 5.61. The summed E-state index contributed by atoms with van der Waals surface area (Å²) < 4.78 is 11.3. The van der Waals surface area contributed by atoms with Crippen molar-refractivity contribution < 1.29 is 14.3 Å². The second kappa shape index (κ2) is 8.54. The lowest BCUT2D eigenvalue weighted by atomic mass is 9.95. The van der Waals surface area contributed by atoms with Crippen LogP contribution in [0.4, 0.5) is 10.5 Å². The molecule has 0 spiro atoms. The zero-order valence-electron chi connectivity index (χ0n) is 15.1. The van der Waals surface area contributed by atoms with Crippen LogP contribution in [0.3, 0.4) is 0 Å². The number of nitrogens with one attached hydrogen (secondary N) is 3. The van der Waals surface area contributed by atoms with Crippen LogP contribution in [0, 0.1) is 0 Å². The van der Waals surface area contributed by atoms with E-state index in [0.29, 0.717) is 18.7 Å². The summed E-state index contributed by atoms with van der Waals surface area (Å²) in [6, 6.07) is 8.37. The van der Waals surface area contributed by atoms with E-state index in [1.54, 1.807) is 0 Å². The van der Waals surface area contributed by atoms with Gasteiger partial charge in [0.05, 0.1) is 6.10 Å². The molecule has 3 N–H and O–H groups in total. The Balaban J connectivity index is 1.48. The van der Waals surface area contributed by atoms with E-state index in [9.17, 15) is 4.79 Å². The molecular formula is C19H29N3O3. The lowest BCUT2D eigenvalue weighted by Gasteiger charge is -2.33. The number of amides is 2. The topological polar surface area (TPSA) is 71.6 Å². The van der Waals surface area contributed by atoms with Gasteiger partial charge in [-0.1, -0.05) is 6.07 Å². The molecule has 0 aromatic heterocycles. The number of urea groups is 1. The number of benzene rings is 1. The van der Waals surface area contributed by atoms with Gasteiger partial charge in [0.15, 0.2) is 0 Å². The zero-order chi connectivity index (χ0) is 17.6. The molecule has 2 amide bonds. The number of anilines is 1. The Hall–Kier alpha value is -1.79. The predicted molar refractivity (Wildman–Crippen MR) is 98.1 cm³/mol. The summed E-state index contributed by atoms with van der Waals surface area (Å²) in [4.78, 5) is 12.3. The first-order chi connectivity index (χ1) is 12.1. The van der Waals surface area contributed by atoms with Crippen molar-refractivity contribution in [2.75, 3.05) is 18.5 Å². The van der Waals surface area contributed by atoms with Gasteiger partial charge in [0.25, 0.3) is 0 Å². The molecule has 2 fully saturated rings. The summed E-state index contributed by atoms with van der Waals surface area (Å²) in [5, 5.41) is 9.46. The number of hydrogen-bond acceptors (Lipinski definition) is 4. The summed E-state index contributed by atoms with van der Waals surface area (Å²) in [5.74, 6) is 0.748. The quantitative estimate of drug-likeness (QED) is 0.766. The van der Waals surface area contributed by atoms with Crippen LogP contribution in [-0.2, 0) is 4.74 Å². The molecule has 1 aromatic carbocycles. The summed E-state index contributed by atoms with van der Waals surface area (Å²) in [5.41, 5.74) is 0.734. The Kier molecular flexibility index (Phi) is 6.15. The molecule has 0 radical (unpaired) electrons. The molecule has 2 heterocycles. The molecule has 3 unspecified atom stereocenters. The molecule has 0 bridgehead atoms. The van der Waals surface area contributed by atoms with E-state index in [1.807, 2.05) is 24.3 Å². The first-order valence-corrected chi connectivity index (χ1v) is 9.26. The highest BCUT2D eigenvalue weighted by molar-refractivity contribution is 5.89. The number of ether oxygens (including phenoxy) is 2. The van der Waals surface area contributed by atoms with Gasteiger partial charge in [0.1, 0.15) is 12.4 Å². The van der Waals surface area contributed by atoms with Crippen molar-refractivity contribution in [3.8, 4) is 5.75 Å². The average Bonchev–Trinajstić information content (AvgIpc) is 3.05. The Morgan fingerprint density at radius 1 is 1.32 bits per heavy atom. The normalized spacial score (nSPS) is 29.2. The highest BCUT2D eigenvalue weighted by atomic mass is 16.5. The fraction of sp³-hybridized carbons (Fsp3) is 0.632. The second-order valence-corrected chi connectivity index (χ2v) is 7.21. The fourth-order valence-corrected chi connectivity index (χ4v) is 3.67. The summed E-state index contributed by atoms with van der Waals surface area (Å²) in [7, 11) is 0. The van der Waals surface area contributed by atoms with E-state index < -0.39 is 0 Å². The van der Waals surface area contributed by atoms with Gasteiger partial charge in [0, 0.05) is 36.5 Å². The SMILES string of the molecule is CC1CC(NC(=O)Nc2cccc(OCC3CCCO3)c2)CC(C)N1. The van der Waals surface area contributed by atoms with Crippen LogP contribution in [0.1, 0.15) is 39.5 Å². The van der Waals surface area contributed by atoms with E-state index in [2.05, 4.69) is 29.8 Å².